The van der Waals surface area contributed by atoms with E-state index in [4.69, 9.17) is 5.11 Å². The van der Waals surface area contributed by atoms with Crippen LogP contribution in [0.5, 0.6) is 0 Å². The number of aromatic nitrogens is 1. The number of carbonyl (C=O) groups is 2. The van der Waals surface area contributed by atoms with Crippen molar-refractivity contribution in [1.82, 2.24) is 9.88 Å². The van der Waals surface area contributed by atoms with Gasteiger partial charge in [0.25, 0.3) is 0 Å². The lowest BCUT2D eigenvalue weighted by Gasteiger charge is -2.30. The number of carboxylic acids is 1. The van der Waals surface area contributed by atoms with E-state index >= 15 is 0 Å². The highest BCUT2D eigenvalue weighted by Crippen LogP contribution is 2.39. The van der Waals surface area contributed by atoms with E-state index in [0.29, 0.717) is 24.7 Å². The topological polar surface area (TPSA) is 82.5 Å². The van der Waals surface area contributed by atoms with Gasteiger partial charge < -0.3 is 10.0 Å². The number of carboxylic acid groups (broad SMARTS) is 1. The molecule has 2 amide bonds. The summed E-state index contributed by atoms with van der Waals surface area (Å²) in [5.41, 5.74) is 1.02. The van der Waals surface area contributed by atoms with Crippen molar-refractivity contribution in [3.63, 3.8) is 0 Å². The Morgan fingerprint density at radius 2 is 2.10 bits per heavy atom. The van der Waals surface area contributed by atoms with Crippen LogP contribution in [-0.2, 0) is 4.79 Å². The van der Waals surface area contributed by atoms with Crippen molar-refractivity contribution in [3.05, 3.63) is 23.9 Å². The Balaban J connectivity index is 1.62. The van der Waals surface area contributed by atoms with Crippen molar-refractivity contribution in [2.75, 3.05) is 18.4 Å². The van der Waals surface area contributed by atoms with Crippen molar-refractivity contribution >= 4 is 17.8 Å². The fourth-order valence-corrected chi connectivity index (χ4v) is 2.68. The summed E-state index contributed by atoms with van der Waals surface area (Å²) in [6.45, 7) is 0.863. The maximum Gasteiger partial charge on any atom is 0.323 e. The monoisotopic (exact) mass is 289 g/mol. The molecule has 6 nitrogen and oxygen atoms in total. The zero-order chi connectivity index (χ0) is 14.8. The number of nitrogens with zero attached hydrogens (tertiary/aromatic N) is 2. The zero-order valence-electron chi connectivity index (χ0n) is 11.8. The molecule has 2 aliphatic rings. The summed E-state index contributed by atoms with van der Waals surface area (Å²) in [4.78, 5) is 29.3. The highest BCUT2D eigenvalue weighted by molar-refractivity contribution is 5.88. The second-order valence-corrected chi connectivity index (χ2v) is 5.78. The number of nitrogens with one attached hydrogen (secondary N) is 1. The number of likely N-dealkylation sites (tertiary alicyclic amines) is 1. The van der Waals surface area contributed by atoms with Crippen molar-refractivity contribution in [3.8, 4) is 0 Å². The minimum atomic E-state index is -0.832. The number of hydrogen-bond acceptors (Lipinski definition) is 3. The molecular formula is C15H19N3O3. The Morgan fingerprint density at radius 1 is 1.29 bits per heavy atom. The Bertz CT molecular complexity index is 557. The molecular weight excluding hydrogens is 270 g/mol. The van der Waals surface area contributed by atoms with Crippen LogP contribution >= 0.6 is 0 Å². The van der Waals surface area contributed by atoms with Gasteiger partial charge in [0.05, 0.1) is 5.92 Å². The van der Waals surface area contributed by atoms with Gasteiger partial charge in [0.1, 0.15) is 5.82 Å². The van der Waals surface area contributed by atoms with E-state index in [1.165, 1.54) is 0 Å². The van der Waals surface area contributed by atoms with Gasteiger partial charge in [-0.3, -0.25) is 10.1 Å². The molecule has 0 bridgehead atoms. The normalized spacial score (nSPS) is 21.9. The molecule has 0 spiro atoms. The molecule has 6 heteroatoms. The van der Waals surface area contributed by atoms with Gasteiger partial charge in [0.15, 0.2) is 0 Å². The number of carbonyl (C=O) groups excluding carboxylic acids is 1. The first kappa shape index (κ1) is 13.9. The highest BCUT2D eigenvalue weighted by atomic mass is 16.4. The summed E-state index contributed by atoms with van der Waals surface area (Å²) in [5, 5.41) is 11.8. The van der Waals surface area contributed by atoms with E-state index < -0.39 is 11.9 Å². The molecule has 1 aromatic heterocycles. The third kappa shape index (κ3) is 3.32. The Hall–Kier alpha value is -2.11. The number of anilines is 1. The van der Waals surface area contributed by atoms with Crippen LogP contribution in [0.1, 0.15) is 37.3 Å². The minimum absolute atomic E-state index is 0.263. The van der Waals surface area contributed by atoms with Crippen LogP contribution in [-0.4, -0.2) is 40.1 Å². The quantitative estimate of drug-likeness (QED) is 0.894. The first-order valence-corrected chi connectivity index (χ1v) is 7.39. The summed E-state index contributed by atoms with van der Waals surface area (Å²) in [5.74, 6) is -0.216. The number of urea groups is 1. The third-order valence-electron chi connectivity index (χ3n) is 4.06. The fraction of sp³-hybridized carbons (Fsp3) is 0.533. The lowest BCUT2D eigenvalue weighted by atomic mass is 9.99. The SMILES string of the molecule is O=C(O)C1CCCN(C(=O)Nc2cccc(C3CC3)n2)C1. The maximum absolute atomic E-state index is 12.2. The van der Waals surface area contributed by atoms with Gasteiger partial charge in [0, 0.05) is 24.7 Å². The fourth-order valence-electron chi connectivity index (χ4n) is 2.68. The van der Waals surface area contributed by atoms with Crippen LogP contribution in [0.3, 0.4) is 0 Å². The van der Waals surface area contributed by atoms with E-state index in [0.717, 1.165) is 25.0 Å². The number of hydrogen-bond donors (Lipinski definition) is 2. The van der Waals surface area contributed by atoms with E-state index in [2.05, 4.69) is 10.3 Å². The van der Waals surface area contributed by atoms with Crippen molar-refractivity contribution in [2.24, 2.45) is 5.92 Å². The van der Waals surface area contributed by atoms with Gasteiger partial charge in [0.2, 0.25) is 0 Å². The number of amides is 2. The summed E-state index contributed by atoms with van der Waals surface area (Å²) in [6.07, 6.45) is 3.68. The van der Waals surface area contributed by atoms with Gasteiger partial charge in [-0.05, 0) is 37.8 Å². The second kappa shape index (κ2) is 5.71. The van der Waals surface area contributed by atoms with Gasteiger partial charge in [-0.2, -0.15) is 0 Å². The van der Waals surface area contributed by atoms with Crippen LogP contribution in [0.25, 0.3) is 0 Å². The predicted molar refractivity (Wildman–Crippen MR) is 77.2 cm³/mol. The molecule has 3 rings (SSSR count). The first-order chi connectivity index (χ1) is 10.1. The van der Waals surface area contributed by atoms with E-state index in [9.17, 15) is 9.59 Å². The third-order valence-corrected chi connectivity index (χ3v) is 4.06. The number of pyridine rings is 1. The largest absolute Gasteiger partial charge is 0.481 e. The van der Waals surface area contributed by atoms with Crippen molar-refractivity contribution in [1.29, 1.82) is 0 Å². The molecule has 1 aliphatic carbocycles. The molecule has 1 unspecified atom stereocenters. The molecule has 2 heterocycles. The number of rotatable bonds is 3. The average Bonchev–Trinajstić information content (AvgIpc) is 3.32. The van der Waals surface area contributed by atoms with Gasteiger partial charge >= 0.3 is 12.0 Å². The highest BCUT2D eigenvalue weighted by Gasteiger charge is 2.29. The second-order valence-electron chi connectivity index (χ2n) is 5.78. The average molecular weight is 289 g/mol. The van der Waals surface area contributed by atoms with Crippen LogP contribution in [0.2, 0.25) is 0 Å². The summed E-state index contributed by atoms with van der Waals surface area (Å²) >= 11 is 0. The predicted octanol–water partition coefficient (Wildman–Crippen LogP) is 2.29. The summed E-state index contributed by atoms with van der Waals surface area (Å²) < 4.78 is 0. The van der Waals surface area contributed by atoms with Crippen LogP contribution < -0.4 is 5.32 Å². The molecule has 0 radical (unpaired) electrons. The van der Waals surface area contributed by atoms with Crippen molar-refractivity contribution in [2.45, 2.75) is 31.6 Å². The lowest BCUT2D eigenvalue weighted by Crippen LogP contribution is -2.44. The molecule has 21 heavy (non-hydrogen) atoms. The Kier molecular flexibility index (Phi) is 3.77. The lowest BCUT2D eigenvalue weighted by molar-refractivity contribution is -0.143. The molecule has 112 valence electrons. The zero-order valence-corrected chi connectivity index (χ0v) is 11.8. The summed E-state index contributed by atoms with van der Waals surface area (Å²) in [7, 11) is 0. The van der Waals surface area contributed by atoms with Gasteiger partial charge in [-0.15, -0.1) is 0 Å². The Labute approximate surface area is 123 Å². The number of piperidine rings is 1. The number of aliphatic carboxylic acids is 1. The molecule has 1 aliphatic heterocycles. The van der Waals surface area contributed by atoms with Gasteiger partial charge in [-0.1, -0.05) is 6.07 Å². The molecule has 1 atom stereocenters. The van der Waals surface area contributed by atoms with Crippen LogP contribution in [0, 0.1) is 5.92 Å². The maximum atomic E-state index is 12.2. The first-order valence-electron chi connectivity index (χ1n) is 7.39. The van der Waals surface area contributed by atoms with Gasteiger partial charge in [-0.25, -0.2) is 9.78 Å². The Morgan fingerprint density at radius 3 is 2.81 bits per heavy atom. The summed E-state index contributed by atoms with van der Waals surface area (Å²) in [6, 6.07) is 5.38. The minimum Gasteiger partial charge on any atom is -0.481 e. The standard InChI is InChI=1S/C15H19N3O3/c19-14(20)11-3-2-8-18(9-11)15(21)17-13-5-1-4-12(16-13)10-6-7-10/h1,4-5,10-11H,2-3,6-9H2,(H,19,20)(H,16,17,21). The van der Waals surface area contributed by atoms with E-state index in [1.807, 2.05) is 12.1 Å². The molecule has 1 saturated heterocycles. The van der Waals surface area contributed by atoms with Crippen molar-refractivity contribution < 1.29 is 14.7 Å². The molecule has 2 N–H and O–H groups in total. The molecule has 1 aromatic rings. The van der Waals surface area contributed by atoms with Crippen LogP contribution in [0.4, 0.5) is 10.6 Å². The molecule has 2 fully saturated rings. The van der Waals surface area contributed by atoms with E-state index in [-0.39, 0.29) is 12.6 Å². The van der Waals surface area contributed by atoms with E-state index in [1.54, 1.807) is 11.0 Å². The smallest absolute Gasteiger partial charge is 0.323 e. The molecule has 1 saturated carbocycles. The molecule has 0 aromatic carbocycles. The van der Waals surface area contributed by atoms with Crippen LogP contribution in [0.15, 0.2) is 18.2 Å².